The number of phenolic OH excluding ortho intramolecular Hbond substituents is 1. The summed E-state index contributed by atoms with van der Waals surface area (Å²) >= 11 is 0. The minimum Gasteiger partial charge on any atom is -0.507 e. The molecule has 0 saturated heterocycles. The van der Waals surface area contributed by atoms with Crippen LogP contribution in [0, 0.1) is 0 Å². The maximum absolute atomic E-state index is 12.9. The Balaban J connectivity index is 2.36. The first-order chi connectivity index (χ1) is 12.6. The van der Waals surface area contributed by atoms with Crippen molar-refractivity contribution < 1.29 is 14.3 Å². The molecule has 0 fully saturated rings. The molecule has 1 aromatic heterocycles. The lowest BCUT2D eigenvalue weighted by Gasteiger charge is -2.10. The molecule has 4 heteroatoms. The first-order valence-electron chi connectivity index (χ1n) is 9.91. The van der Waals surface area contributed by atoms with Gasteiger partial charge in [0.05, 0.1) is 0 Å². The van der Waals surface area contributed by atoms with E-state index in [0.29, 0.717) is 24.2 Å². The van der Waals surface area contributed by atoms with E-state index in [2.05, 4.69) is 13.8 Å². The van der Waals surface area contributed by atoms with Crippen molar-refractivity contribution in [2.45, 2.75) is 78.1 Å². The molecule has 26 heavy (non-hydrogen) atoms. The van der Waals surface area contributed by atoms with Crippen LogP contribution in [0.2, 0.25) is 0 Å². The Morgan fingerprint density at radius 2 is 1.69 bits per heavy atom. The summed E-state index contributed by atoms with van der Waals surface area (Å²) in [4.78, 5) is 25.7. The molecular weight excluding hydrogens is 328 g/mol. The van der Waals surface area contributed by atoms with Crippen LogP contribution in [-0.2, 0) is 6.42 Å². The summed E-state index contributed by atoms with van der Waals surface area (Å²) in [7, 11) is 0. The number of fused-ring (bicyclic) bond motifs is 1. The van der Waals surface area contributed by atoms with E-state index in [4.69, 9.17) is 4.42 Å². The first-order valence-corrected chi connectivity index (χ1v) is 9.91. The van der Waals surface area contributed by atoms with Gasteiger partial charge in [-0.25, -0.2) is 0 Å². The number of ketones is 1. The highest BCUT2D eigenvalue weighted by Crippen LogP contribution is 2.25. The predicted molar refractivity (Wildman–Crippen MR) is 105 cm³/mol. The van der Waals surface area contributed by atoms with Gasteiger partial charge in [0.15, 0.2) is 5.78 Å². The highest BCUT2D eigenvalue weighted by atomic mass is 16.3. The van der Waals surface area contributed by atoms with Gasteiger partial charge in [0.2, 0.25) is 5.43 Å². The second kappa shape index (κ2) is 10.1. The van der Waals surface area contributed by atoms with E-state index in [1.165, 1.54) is 6.07 Å². The molecular formula is C22H30O4. The number of phenols is 1. The highest BCUT2D eigenvalue weighted by Gasteiger charge is 2.21. The third-order valence-electron chi connectivity index (χ3n) is 4.76. The predicted octanol–water partition coefficient (Wildman–Crippen LogP) is 5.77. The number of unbranched alkanes of at least 4 members (excludes halogenated alkanes) is 6. The number of aromatic hydroxyl groups is 1. The van der Waals surface area contributed by atoms with Gasteiger partial charge < -0.3 is 9.52 Å². The van der Waals surface area contributed by atoms with Crippen LogP contribution in [0.5, 0.6) is 5.75 Å². The molecule has 0 aliphatic heterocycles. The molecule has 1 aromatic carbocycles. The van der Waals surface area contributed by atoms with Crippen LogP contribution in [-0.4, -0.2) is 10.9 Å². The zero-order valence-corrected chi connectivity index (χ0v) is 16.0. The van der Waals surface area contributed by atoms with E-state index in [1.807, 2.05) is 0 Å². The Bertz CT molecular complexity index is 789. The molecule has 0 radical (unpaired) electrons. The van der Waals surface area contributed by atoms with E-state index < -0.39 is 5.43 Å². The standard InChI is InChI=1S/C22H30O4/c1-3-5-7-9-12-16(23)20-18(14-10-8-6-4-2)26-19-15-11-13-17(24)21(19)22(20)25/h11,13,15,24H,3-10,12,14H2,1-2H3. The normalized spacial score (nSPS) is 11.2. The Labute approximate surface area is 155 Å². The van der Waals surface area contributed by atoms with Gasteiger partial charge in [0.25, 0.3) is 0 Å². The summed E-state index contributed by atoms with van der Waals surface area (Å²) in [5, 5.41) is 10.2. The minimum absolute atomic E-state index is 0.113. The number of hydrogen-bond donors (Lipinski definition) is 1. The zero-order valence-electron chi connectivity index (χ0n) is 16.0. The molecule has 0 saturated carbocycles. The number of carbonyl (C=O) groups is 1. The molecule has 2 aromatic rings. The van der Waals surface area contributed by atoms with Crippen molar-refractivity contribution in [3.05, 3.63) is 39.7 Å². The van der Waals surface area contributed by atoms with Crippen molar-refractivity contribution in [1.29, 1.82) is 0 Å². The fourth-order valence-electron chi connectivity index (χ4n) is 3.28. The van der Waals surface area contributed by atoms with Crippen LogP contribution < -0.4 is 5.43 Å². The van der Waals surface area contributed by atoms with E-state index >= 15 is 0 Å². The molecule has 0 aliphatic rings. The largest absolute Gasteiger partial charge is 0.507 e. The van der Waals surface area contributed by atoms with Gasteiger partial charge >= 0.3 is 0 Å². The third-order valence-corrected chi connectivity index (χ3v) is 4.76. The van der Waals surface area contributed by atoms with Gasteiger partial charge in [0, 0.05) is 12.8 Å². The van der Waals surface area contributed by atoms with E-state index in [-0.39, 0.29) is 22.5 Å². The SMILES string of the molecule is CCCCCCC(=O)c1c(CCCCCC)oc2cccc(O)c2c1=O. The number of Topliss-reactive ketones (excluding diaryl/α,β-unsaturated/α-hetero) is 1. The Morgan fingerprint density at radius 3 is 2.38 bits per heavy atom. The van der Waals surface area contributed by atoms with Crippen LogP contribution in [0.15, 0.2) is 27.4 Å². The molecule has 0 unspecified atom stereocenters. The molecule has 142 valence electrons. The van der Waals surface area contributed by atoms with Crippen LogP contribution in [0.3, 0.4) is 0 Å². The first kappa shape index (κ1) is 20.2. The summed E-state index contributed by atoms with van der Waals surface area (Å²) < 4.78 is 5.90. The van der Waals surface area contributed by atoms with Crippen molar-refractivity contribution >= 4 is 16.8 Å². The Morgan fingerprint density at radius 1 is 1.00 bits per heavy atom. The number of rotatable bonds is 11. The molecule has 4 nitrogen and oxygen atoms in total. The molecule has 0 bridgehead atoms. The van der Waals surface area contributed by atoms with E-state index in [1.54, 1.807) is 12.1 Å². The van der Waals surface area contributed by atoms with E-state index in [0.717, 1.165) is 51.4 Å². The summed E-state index contributed by atoms with van der Waals surface area (Å²) in [6.07, 6.45) is 9.06. The van der Waals surface area contributed by atoms with Crippen LogP contribution in [0.1, 0.15) is 87.8 Å². The van der Waals surface area contributed by atoms with Crippen LogP contribution in [0.25, 0.3) is 11.0 Å². The molecule has 0 atom stereocenters. The second-order valence-corrected chi connectivity index (χ2v) is 6.92. The van der Waals surface area contributed by atoms with Gasteiger partial charge in [-0.15, -0.1) is 0 Å². The minimum atomic E-state index is -0.393. The van der Waals surface area contributed by atoms with Crippen molar-refractivity contribution in [3.8, 4) is 5.75 Å². The molecule has 0 amide bonds. The molecule has 1 N–H and O–H groups in total. The van der Waals surface area contributed by atoms with Crippen molar-refractivity contribution in [2.75, 3.05) is 0 Å². The van der Waals surface area contributed by atoms with Gasteiger partial charge in [-0.05, 0) is 25.0 Å². The monoisotopic (exact) mass is 358 g/mol. The lowest BCUT2D eigenvalue weighted by molar-refractivity contribution is 0.0974. The summed E-state index contributed by atoms with van der Waals surface area (Å²) in [5.74, 6) is 0.184. The quantitative estimate of drug-likeness (QED) is 0.409. The Hall–Kier alpha value is -2.10. The van der Waals surface area contributed by atoms with Crippen molar-refractivity contribution in [2.24, 2.45) is 0 Å². The number of aryl methyl sites for hydroxylation is 1. The van der Waals surface area contributed by atoms with Gasteiger partial charge in [-0.2, -0.15) is 0 Å². The van der Waals surface area contributed by atoms with E-state index in [9.17, 15) is 14.7 Å². The van der Waals surface area contributed by atoms with Crippen LogP contribution >= 0.6 is 0 Å². The lowest BCUT2D eigenvalue weighted by Crippen LogP contribution is -2.19. The molecule has 1 heterocycles. The average molecular weight is 358 g/mol. The third kappa shape index (κ3) is 4.96. The topological polar surface area (TPSA) is 67.5 Å². The second-order valence-electron chi connectivity index (χ2n) is 6.92. The maximum atomic E-state index is 12.9. The summed E-state index contributed by atoms with van der Waals surface area (Å²) in [5.41, 5.74) is 0.102. The number of benzene rings is 1. The average Bonchev–Trinajstić information content (AvgIpc) is 2.62. The number of hydrogen-bond acceptors (Lipinski definition) is 4. The lowest BCUT2D eigenvalue weighted by atomic mass is 9.98. The van der Waals surface area contributed by atoms with Crippen molar-refractivity contribution in [3.63, 3.8) is 0 Å². The Kier molecular flexibility index (Phi) is 7.89. The molecule has 0 aliphatic carbocycles. The van der Waals surface area contributed by atoms with Crippen molar-refractivity contribution in [1.82, 2.24) is 0 Å². The van der Waals surface area contributed by atoms with Gasteiger partial charge in [-0.1, -0.05) is 58.4 Å². The zero-order chi connectivity index (χ0) is 18.9. The molecule has 2 rings (SSSR count). The smallest absolute Gasteiger partial charge is 0.207 e. The summed E-state index contributed by atoms with van der Waals surface area (Å²) in [6.45, 7) is 4.27. The molecule has 0 spiro atoms. The number of carbonyl (C=O) groups excluding carboxylic acids is 1. The van der Waals surface area contributed by atoms with Crippen LogP contribution in [0.4, 0.5) is 0 Å². The fraction of sp³-hybridized carbons (Fsp3) is 0.545. The van der Waals surface area contributed by atoms with Gasteiger partial charge in [-0.3, -0.25) is 9.59 Å². The van der Waals surface area contributed by atoms with Gasteiger partial charge in [0.1, 0.15) is 28.0 Å². The summed E-state index contributed by atoms with van der Waals surface area (Å²) in [6, 6.07) is 4.77. The highest BCUT2D eigenvalue weighted by molar-refractivity contribution is 6.00. The maximum Gasteiger partial charge on any atom is 0.207 e. The fourth-order valence-corrected chi connectivity index (χ4v) is 3.28.